The molecule has 0 saturated heterocycles. The van der Waals surface area contributed by atoms with Crippen LogP contribution >= 0.6 is 15.9 Å². The second-order valence-electron chi connectivity index (χ2n) is 4.92. The monoisotopic (exact) mass is 337 g/mol. The molecule has 2 heteroatoms. The molecule has 0 aliphatic carbocycles. The van der Waals surface area contributed by atoms with Crippen molar-refractivity contribution in [3.63, 3.8) is 0 Å². The van der Waals surface area contributed by atoms with E-state index < -0.39 is 0 Å². The summed E-state index contributed by atoms with van der Waals surface area (Å²) in [6, 6.07) is 16.8. The lowest BCUT2D eigenvalue weighted by Gasteiger charge is -2.26. The van der Waals surface area contributed by atoms with E-state index in [2.05, 4.69) is 88.1 Å². The number of benzene rings is 2. The minimum absolute atomic E-state index is 0.830. The molecule has 0 bridgehead atoms. The van der Waals surface area contributed by atoms with Gasteiger partial charge in [0.2, 0.25) is 0 Å². The summed E-state index contributed by atoms with van der Waals surface area (Å²) in [6.45, 7) is 5.03. The molecule has 0 N–H and O–H groups in total. The number of fused-ring (bicyclic) bond motifs is 1. The molecule has 0 spiro atoms. The van der Waals surface area contributed by atoms with Crippen molar-refractivity contribution in [1.29, 1.82) is 0 Å². The molecule has 0 atom stereocenters. The number of nitrogens with zero attached hydrogens (tertiary/aromatic N) is 1. The number of rotatable bonds is 1. The second kappa shape index (κ2) is 6.15. The second-order valence-corrected chi connectivity index (χ2v) is 5.84. The van der Waals surface area contributed by atoms with Crippen molar-refractivity contribution in [2.45, 2.75) is 0 Å². The van der Waals surface area contributed by atoms with Gasteiger partial charge >= 0.3 is 0 Å². The van der Waals surface area contributed by atoms with Gasteiger partial charge in [-0.1, -0.05) is 65.0 Å². The molecule has 1 heterocycles. The molecule has 0 saturated carbocycles. The maximum absolute atomic E-state index is 4.20. The van der Waals surface area contributed by atoms with Gasteiger partial charge < -0.3 is 4.90 Å². The highest BCUT2D eigenvalue weighted by Crippen LogP contribution is 2.35. The van der Waals surface area contributed by atoms with Crippen molar-refractivity contribution >= 4 is 32.9 Å². The van der Waals surface area contributed by atoms with E-state index in [0.29, 0.717) is 0 Å². The Kier molecular flexibility index (Phi) is 4.07. The minimum atomic E-state index is 0.830. The number of para-hydroxylation sites is 1. The molecule has 1 nitrogen and oxygen atoms in total. The van der Waals surface area contributed by atoms with Gasteiger partial charge in [-0.2, -0.15) is 0 Å². The highest BCUT2D eigenvalue weighted by Gasteiger charge is 2.14. The van der Waals surface area contributed by atoms with E-state index in [9.17, 15) is 0 Å². The summed E-state index contributed by atoms with van der Waals surface area (Å²) in [5.41, 5.74) is 4.51. The van der Waals surface area contributed by atoms with Gasteiger partial charge in [0.05, 0.1) is 0 Å². The van der Waals surface area contributed by atoms with Gasteiger partial charge in [0.15, 0.2) is 0 Å². The Morgan fingerprint density at radius 2 is 1.81 bits per heavy atom. The van der Waals surface area contributed by atoms with E-state index in [1.807, 2.05) is 12.1 Å². The summed E-state index contributed by atoms with van der Waals surface area (Å²) in [5.74, 6) is 0. The lowest BCUT2D eigenvalue weighted by atomic mass is 10.0. The maximum Gasteiger partial charge on any atom is 0.0493 e. The molecule has 0 radical (unpaired) electrons. The standard InChI is InChI=1S/C19H16BrN/c1-15-8-4-3-7-13-21(17-9-5-2-6-10-17)19-12-11-16(20)14-18(15)19/h2-12,14H,1,13H2/b7-3-,8-4-. The van der Waals surface area contributed by atoms with E-state index >= 15 is 0 Å². The van der Waals surface area contributed by atoms with Crippen molar-refractivity contribution in [2.75, 3.05) is 11.4 Å². The van der Waals surface area contributed by atoms with E-state index in [1.54, 1.807) is 0 Å². The van der Waals surface area contributed by atoms with Crippen molar-refractivity contribution in [3.05, 3.63) is 89.5 Å². The summed E-state index contributed by atoms with van der Waals surface area (Å²) in [6.07, 6.45) is 8.33. The predicted molar refractivity (Wildman–Crippen MR) is 94.9 cm³/mol. The van der Waals surface area contributed by atoms with Gasteiger partial charge in [0.25, 0.3) is 0 Å². The summed E-state index contributed by atoms with van der Waals surface area (Å²) in [4.78, 5) is 2.30. The van der Waals surface area contributed by atoms with Crippen LogP contribution in [0.15, 0.2) is 83.9 Å². The van der Waals surface area contributed by atoms with Gasteiger partial charge in [-0.15, -0.1) is 0 Å². The Balaban J connectivity index is 2.17. The molecule has 1 aliphatic heterocycles. The number of hydrogen-bond acceptors (Lipinski definition) is 1. The Labute approximate surface area is 134 Å². The lowest BCUT2D eigenvalue weighted by Crippen LogP contribution is -2.18. The normalized spacial score (nSPS) is 17.4. The fourth-order valence-corrected chi connectivity index (χ4v) is 2.82. The van der Waals surface area contributed by atoms with E-state index in [0.717, 1.165) is 22.2 Å². The smallest absolute Gasteiger partial charge is 0.0493 e. The molecule has 0 unspecified atom stereocenters. The van der Waals surface area contributed by atoms with Crippen LogP contribution in [-0.2, 0) is 0 Å². The molecule has 0 fully saturated rings. The SMILES string of the molecule is C=C1/C=C\C=C/CN(c2ccccc2)c2ccc(Br)cc21. The van der Waals surface area contributed by atoms with Crippen molar-refractivity contribution < 1.29 is 0 Å². The van der Waals surface area contributed by atoms with Gasteiger partial charge in [-0.05, 0) is 35.9 Å². The molecule has 0 amide bonds. The first-order valence-electron chi connectivity index (χ1n) is 6.90. The lowest BCUT2D eigenvalue weighted by molar-refractivity contribution is 1.09. The number of allylic oxidation sites excluding steroid dienone is 4. The average molecular weight is 338 g/mol. The largest absolute Gasteiger partial charge is 0.337 e. The zero-order chi connectivity index (χ0) is 14.7. The fraction of sp³-hybridized carbons (Fsp3) is 0.0526. The molecular weight excluding hydrogens is 322 g/mol. The number of halogens is 1. The molecule has 2 aromatic carbocycles. The van der Waals surface area contributed by atoms with Crippen LogP contribution in [0.3, 0.4) is 0 Å². The predicted octanol–water partition coefficient (Wildman–Crippen LogP) is 5.73. The maximum atomic E-state index is 4.20. The highest BCUT2D eigenvalue weighted by molar-refractivity contribution is 9.10. The Bertz CT molecular complexity index is 714. The van der Waals surface area contributed by atoms with E-state index in [1.165, 1.54) is 11.4 Å². The quantitative estimate of drug-likeness (QED) is 0.642. The molecule has 21 heavy (non-hydrogen) atoms. The minimum Gasteiger partial charge on any atom is -0.337 e. The Morgan fingerprint density at radius 1 is 1.00 bits per heavy atom. The fourth-order valence-electron chi connectivity index (χ4n) is 2.46. The van der Waals surface area contributed by atoms with E-state index in [-0.39, 0.29) is 0 Å². The van der Waals surface area contributed by atoms with Crippen LogP contribution in [-0.4, -0.2) is 6.54 Å². The van der Waals surface area contributed by atoms with Crippen LogP contribution in [0.4, 0.5) is 11.4 Å². The number of anilines is 2. The van der Waals surface area contributed by atoms with Crippen molar-refractivity contribution in [1.82, 2.24) is 0 Å². The first kappa shape index (κ1) is 13.9. The number of hydrogen-bond donors (Lipinski definition) is 0. The summed E-state index contributed by atoms with van der Waals surface area (Å²) in [5, 5.41) is 0. The summed E-state index contributed by atoms with van der Waals surface area (Å²) < 4.78 is 1.07. The molecule has 104 valence electrons. The zero-order valence-electron chi connectivity index (χ0n) is 11.7. The summed E-state index contributed by atoms with van der Waals surface area (Å²) in [7, 11) is 0. The molecule has 0 aromatic heterocycles. The van der Waals surface area contributed by atoms with Gasteiger partial charge in [-0.25, -0.2) is 0 Å². The van der Waals surface area contributed by atoms with Gasteiger partial charge in [-0.3, -0.25) is 0 Å². The third kappa shape index (κ3) is 3.01. The molecule has 3 rings (SSSR count). The molecule has 1 aliphatic rings. The van der Waals surface area contributed by atoms with Gasteiger partial charge in [0, 0.05) is 28.0 Å². The van der Waals surface area contributed by atoms with Crippen LogP contribution in [0.25, 0.3) is 5.57 Å². The topological polar surface area (TPSA) is 3.24 Å². The van der Waals surface area contributed by atoms with Crippen molar-refractivity contribution in [3.8, 4) is 0 Å². The van der Waals surface area contributed by atoms with Gasteiger partial charge in [0.1, 0.15) is 0 Å². The van der Waals surface area contributed by atoms with Crippen LogP contribution in [0.2, 0.25) is 0 Å². The molecular formula is C19H16BrN. The van der Waals surface area contributed by atoms with Crippen molar-refractivity contribution in [2.24, 2.45) is 0 Å². The third-order valence-corrected chi connectivity index (χ3v) is 3.99. The van der Waals surface area contributed by atoms with Crippen LogP contribution in [0, 0.1) is 0 Å². The summed E-state index contributed by atoms with van der Waals surface area (Å²) >= 11 is 3.56. The van der Waals surface area contributed by atoms with Crippen LogP contribution in [0.5, 0.6) is 0 Å². The average Bonchev–Trinajstić information content (AvgIpc) is 2.58. The Morgan fingerprint density at radius 3 is 2.62 bits per heavy atom. The van der Waals surface area contributed by atoms with Crippen LogP contribution < -0.4 is 4.90 Å². The first-order chi connectivity index (χ1) is 10.3. The van der Waals surface area contributed by atoms with E-state index in [4.69, 9.17) is 0 Å². The van der Waals surface area contributed by atoms with Crippen LogP contribution in [0.1, 0.15) is 5.56 Å². The zero-order valence-corrected chi connectivity index (χ0v) is 13.3. The first-order valence-corrected chi connectivity index (χ1v) is 7.69. The highest BCUT2D eigenvalue weighted by atomic mass is 79.9. The Hall–Kier alpha value is -2.06. The molecule has 2 aromatic rings. The third-order valence-electron chi connectivity index (χ3n) is 3.50.